The number of ether oxygens (including phenoxy) is 1. The van der Waals surface area contributed by atoms with E-state index in [0.717, 1.165) is 18.3 Å². The number of nitrogens with one attached hydrogen (secondary N) is 1. The van der Waals surface area contributed by atoms with Gasteiger partial charge in [0, 0.05) is 17.8 Å². The summed E-state index contributed by atoms with van der Waals surface area (Å²) in [6.07, 6.45) is 1.54. The summed E-state index contributed by atoms with van der Waals surface area (Å²) in [6.45, 7) is 2.20. The largest absolute Gasteiger partial charge is 0.487 e. The Morgan fingerprint density at radius 1 is 1.12 bits per heavy atom. The van der Waals surface area contributed by atoms with Gasteiger partial charge in [-0.15, -0.1) is 0 Å². The Bertz CT molecular complexity index is 1240. The van der Waals surface area contributed by atoms with Gasteiger partial charge in [0.15, 0.2) is 0 Å². The van der Waals surface area contributed by atoms with Crippen molar-refractivity contribution in [3.63, 3.8) is 0 Å². The van der Waals surface area contributed by atoms with E-state index in [2.05, 4.69) is 50.5 Å². The van der Waals surface area contributed by atoms with Gasteiger partial charge in [0.05, 0.1) is 12.1 Å². The fraction of sp³-hybridized carbons (Fsp3) is 0.0833. The minimum atomic E-state index is -0.482. The van der Waals surface area contributed by atoms with Gasteiger partial charge in [0.25, 0.3) is 11.6 Å². The van der Waals surface area contributed by atoms with E-state index in [4.69, 9.17) is 4.74 Å². The average Bonchev–Trinajstić information content (AvgIpc) is 2.78. The van der Waals surface area contributed by atoms with E-state index in [1.807, 2.05) is 37.3 Å². The highest BCUT2D eigenvalue weighted by Crippen LogP contribution is 2.31. The number of rotatable bonds is 7. The maximum atomic E-state index is 12.5. The second-order valence-corrected chi connectivity index (χ2v) is 9.34. The topological polar surface area (TPSA) is 105 Å². The molecule has 7 nitrogen and oxygen atoms in total. The van der Waals surface area contributed by atoms with Gasteiger partial charge >= 0.3 is 0 Å². The molecule has 0 heterocycles. The first kappa shape index (κ1) is 24.7. The van der Waals surface area contributed by atoms with E-state index in [0.29, 0.717) is 17.0 Å². The Morgan fingerprint density at radius 2 is 1.73 bits per heavy atom. The number of non-ortho nitro benzene ring substituents is 1. The lowest BCUT2D eigenvalue weighted by atomic mass is 10.1. The highest BCUT2D eigenvalue weighted by atomic mass is 127. The summed E-state index contributed by atoms with van der Waals surface area (Å²) in [5.74, 6) is 0.180. The van der Waals surface area contributed by atoms with Crippen LogP contribution in [0.4, 0.5) is 11.4 Å². The zero-order valence-electron chi connectivity index (χ0n) is 17.3. The number of hydrogen-bond donors (Lipinski definition) is 1. The van der Waals surface area contributed by atoms with Gasteiger partial charge in [-0.25, -0.2) is 0 Å². The summed E-state index contributed by atoms with van der Waals surface area (Å²) in [5, 5.41) is 23.0. The lowest BCUT2D eigenvalue weighted by Gasteiger charge is -2.12. The molecular weight excluding hydrogens is 648 g/mol. The summed E-state index contributed by atoms with van der Waals surface area (Å²) in [4.78, 5) is 22.9. The van der Waals surface area contributed by atoms with Crippen molar-refractivity contribution in [2.45, 2.75) is 13.5 Å². The van der Waals surface area contributed by atoms with Crippen molar-refractivity contribution in [2.75, 3.05) is 5.32 Å². The van der Waals surface area contributed by atoms with Crippen LogP contribution in [-0.2, 0) is 11.4 Å². The Kier molecular flexibility index (Phi) is 8.40. The number of carbonyl (C=O) groups is 1. The highest BCUT2D eigenvalue weighted by Gasteiger charge is 2.13. The molecule has 0 saturated carbocycles. The summed E-state index contributed by atoms with van der Waals surface area (Å²) >= 11 is 4.27. The molecule has 1 amide bonds. The normalized spacial score (nSPS) is 10.9. The van der Waals surface area contributed by atoms with E-state index in [-0.39, 0.29) is 17.9 Å². The van der Waals surface area contributed by atoms with Crippen LogP contribution in [0.1, 0.15) is 16.7 Å². The standard InChI is InChI=1S/C24H17I2N3O4/c1-15-2-6-19(7-3-15)28-24(30)18(13-27)10-17-11-21(25)23(22(26)12-17)33-14-16-4-8-20(9-5-16)29(31)32/h2-12H,14H2,1H3,(H,28,30)/b18-10+. The molecule has 0 bridgehead atoms. The van der Waals surface area contributed by atoms with Gasteiger partial charge in [-0.3, -0.25) is 14.9 Å². The van der Waals surface area contributed by atoms with Crippen molar-refractivity contribution in [2.24, 2.45) is 0 Å². The Balaban J connectivity index is 1.74. The summed E-state index contributed by atoms with van der Waals surface area (Å²) in [5.41, 5.74) is 3.20. The van der Waals surface area contributed by atoms with Crippen LogP contribution in [0.3, 0.4) is 0 Å². The van der Waals surface area contributed by atoms with Crippen molar-refractivity contribution >= 4 is 68.5 Å². The van der Waals surface area contributed by atoms with Crippen molar-refractivity contribution in [3.05, 3.63) is 100 Å². The fourth-order valence-electron chi connectivity index (χ4n) is 2.82. The van der Waals surface area contributed by atoms with Crippen molar-refractivity contribution < 1.29 is 14.5 Å². The molecule has 0 saturated heterocycles. The maximum absolute atomic E-state index is 12.5. The smallest absolute Gasteiger partial charge is 0.269 e. The van der Waals surface area contributed by atoms with Gasteiger partial charge in [-0.1, -0.05) is 17.7 Å². The van der Waals surface area contributed by atoms with Crippen molar-refractivity contribution in [1.82, 2.24) is 0 Å². The first-order valence-corrected chi connectivity index (χ1v) is 11.8. The van der Waals surface area contributed by atoms with Crippen LogP contribution < -0.4 is 10.1 Å². The number of carbonyl (C=O) groups excluding carboxylic acids is 1. The van der Waals surface area contributed by atoms with Gasteiger partial charge in [-0.05, 0) is 106 Å². The van der Waals surface area contributed by atoms with E-state index in [1.54, 1.807) is 24.3 Å². The molecule has 3 aromatic carbocycles. The van der Waals surface area contributed by atoms with Crippen LogP contribution in [0, 0.1) is 35.5 Å². The van der Waals surface area contributed by atoms with Crippen molar-refractivity contribution in [3.8, 4) is 11.8 Å². The second kappa shape index (κ2) is 11.2. The summed E-state index contributed by atoms with van der Waals surface area (Å²) in [7, 11) is 0. The molecule has 3 rings (SSSR count). The Hall–Kier alpha value is -2.98. The second-order valence-electron chi connectivity index (χ2n) is 7.02. The molecule has 33 heavy (non-hydrogen) atoms. The van der Waals surface area contributed by atoms with E-state index in [9.17, 15) is 20.2 Å². The van der Waals surface area contributed by atoms with Gasteiger partial charge in [0.2, 0.25) is 0 Å². The fourth-order valence-corrected chi connectivity index (χ4v) is 4.95. The van der Waals surface area contributed by atoms with E-state index >= 15 is 0 Å². The predicted octanol–water partition coefficient (Wildman–Crippen LogP) is 6.24. The third-order valence-electron chi connectivity index (χ3n) is 4.54. The molecule has 0 atom stereocenters. The molecule has 0 fully saturated rings. The Labute approximate surface area is 217 Å². The summed E-state index contributed by atoms with van der Waals surface area (Å²) in [6, 6.07) is 19.1. The van der Waals surface area contributed by atoms with Crippen LogP contribution in [0.15, 0.2) is 66.2 Å². The molecule has 0 aliphatic carbocycles. The molecule has 0 aliphatic heterocycles. The quantitative estimate of drug-likeness (QED) is 0.106. The SMILES string of the molecule is Cc1ccc(NC(=O)/C(C#N)=C/c2cc(I)c(OCc3ccc([N+](=O)[O-])cc3)c(I)c2)cc1. The zero-order chi connectivity index (χ0) is 24.0. The molecule has 0 aliphatic rings. The molecule has 0 spiro atoms. The van der Waals surface area contributed by atoms with Crippen LogP contribution in [-0.4, -0.2) is 10.8 Å². The number of halogens is 2. The number of hydrogen-bond acceptors (Lipinski definition) is 5. The number of nitro benzene ring substituents is 1. The van der Waals surface area contributed by atoms with Gasteiger partial charge in [-0.2, -0.15) is 5.26 Å². The summed E-state index contributed by atoms with van der Waals surface area (Å²) < 4.78 is 7.54. The highest BCUT2D eigenvalue weighted by molar-refractivity contribution is 14.1. The number of anilines is 1. The lowest BCUT2D eigenvalue weighted by Crippen LogP contribution is -2.13. The Morgan fingerprint density at radius 3 is 2.27 bits per heavy atom. The molecular formula is C24H17I2N3O4. The monoisotopic (exact) mass is 665 g/mol. The molecule has 0 unspecified atom stereocenters. The van der Waals surface area contributed by atoms with E-state index in [1.165, 1.54) is 18.2 Å². The van der Waals surface area contributed by atoms with Crippen molar-refractivity contribution in [1.29, 1.82) is 5.26 Å². The minimum absolute atomic E-state index is 0.0123. The first-order chi connectivity index (χ1) is 15.8. The lowest BCUT2D eigenvalue weighted by molar-refractivity contribution is -0.384. The zero-order valence-corrected chi connectivity index (χ0v) is 21.7. The maximum Gasteiger partial charge on any atom is 0.269 e. The third kappa shape index (κ3) is 6.75. The molecule has 0 radical (unpaired) electrons. The first-order valence-electron chi connectivity index (χ1n) is 9.62. The van der Waals surface area contributed by atoms with Crippen LogP contribution >= 0.6 is 45.2 Å². The predicted molar refractivity (Wildman–Crippen MR) is 143 cm³/mol. The van der Waals surface area contributed by atoms with Crippen LogP contribution in [0.5, 0.6) is 5.75 Å². The number of nitriles is 1. The number of amides is 1. The number of aryl methyl sites for hydroxylation is 1. The van der Waals surface area contributed by atoms with Crippen LogP contribution in [0.2, 0.25) is 0 Å². The molecule has 0 aromatic heterocycles. The third-order valence-corrected chi connectivity index (χ3v) is 6.14. The van der Waals surface area contributed by atoms with Crippen LogP contribution in [0.25, 0.3) is 6.08 Å². The van der Waals surface area contributed by atoms with E-state index < -0.39 is 10.8 Å². The van der Waals surface area contributed by atoms with Gasteiger partial charge < -0.3 is 10.1 Å². The molecule has 1 N–H and O–H groups in total. The average molecular weight is 665 g/mol. The number of benzene rings is 3. The number of nitro groups is 1. The number of nitrogens with zero attached hydrogens (tertiary/aromatic N) is 2. The minimum Gasteiger partial charge on any atom is -0.487 e. The van der Waals surface area contributed by atoms with Gasteiger partial charge in [0.1, 0.15) is 24.0 Å². The molecule has 3 aromatic rings. The molecule has 166 valence electrons. The molecule has 9 heteroatoms.